The number of hydrogen-bond donors (Lipinski definition) is 0. The average Bonchev–Trinajstić information content (AvgIpc) is 2.25. The second-order valence-corrected chi connectivity index (χ2v) is 5.85. The van der Waals surface area contributed by atoms with Gasteiger partial charge in [-0.1, -0.05) is 27.7 Å². The molecule has 96 valence electrons. The van der Waals surface area contributed by atoms with Gasteiger partial charge in [-0.25, -0.2) is 0 Å². The van der Waals surface area contributed by atoms with Crippen molar-refractivity contribution in [3.8, 4) is 0 Å². The van der Waals surface area contributed by atoms with Gasteiger partial charge in [0.1, 0.15) is 0 Å². The molecule has 2 nitrogen and oxygen atoms in total. The molecule has 1 aliphatic rings. The van der Waals surface area contributed by atoms with Gasteiger partial charge in [-0.2, -0.15) is 0 Å². The first-order valence-corrected chi connectivity index (χ1v) is 6.81. The third kappa shape index (κ3) is 5.86. The Morgan fingerprint density at radius 3 is 1.44 bits per heavy atom. The van der Waals surface area contributed by atoms with Crippen LogP contribution in [-0.4, -0.2) is 25.4 Å². The lowest BCUT2D eigenvalue weighted by Gasteiger charge is -2.30. The van der Waals surface area contributed by atoms with Gasteiger partial charge in [-0.3, -0.25) is 0 Å². The van der Waals surface area contributed by atoms with E-state index in [1.807, 2.05) is 0 Å². The molecule has 1 fully saturated rings. The van der Waals surface area contributed by atoms with Gasteiger partial charge in [-0.05, 0) is 37.5 Å². The molecule has 16 heavy (non-hydrogen) atoms. The molecule has 0 aromatic rings. The predicted molar refractivity (Wildman–Crippen MR) is 67.6 cm³/mol. The molecule has 2 atom stereocenters. The first kappa shape index (κ1) is 14.0. The zero-order valence-corrected chi connectivity index (χ0v) is 11.4. The summed E-state index contributed by atoms with van der Waals surface area (Å²) in [7, 11) is 0. The minimum atomic E-state index is 0.345. The molecule has 0 amide bonds. The summed E-state index contributed by atoms with van der Waals surface area (Å²) in [5.41, 5.74) is 0. The predicted octanol–water partition coefficient (Wildman–Crippen LogP) is 3.64. The first-order valence-electron chi connectivity index (χ1n) is 6.81. The molecule has 2 heteroatoms. The van der Waals surface area contributed by atoms with Crippen LogP contribution in [0.1, 0.15) is 53.4 Å². The molecule has 1 heterocycles. The van der Waals surface area contributed by atoms with E-state index in [4.69, 9.17) is 9.47 Å². The van der Waals surface area contributed by atoms with Crippen LogP contribution in [0.4, 0.5) is 0 Å². The quantitative estimate of drug-likeness (QED) is 0.691. The summed E-state index contributed by atoms with van der Waals surface area (Å²) in [6.07, 6.45) is 5.47. The van der Waals surface area contributed by atoms with Gasteiger partial charge in [0.25, 0.3) is 0 Å². The van der Waals surface area contributed by atoms with Crippen molar-refractivity contribution in [3.63, 3.8) is 0 Å². The minimum absolute atomic E-state index is 0.345. The maximum absolute atomic E-state index is 5.85. The highest BCUT2D eigenvalue weighted by Crippen LogP contribution is 2.18. The summed E-state index contributed by atoms with van der Waals surface area (Å²) in [5, 5.41) is 0. The third-order valence-corrected chi connectivity index (χ3v) is 3.17. The topological polar surface area (TPSA) is 18.5 Å². The fourth-order valence-electron chi connectivity index (χ4n) is 1.95. The molecule has 0 bridgehead atoms. The van der Waals surface area contributed by atoms with Gasteiger partial charge in [0.2, 0.25) is 0 Å². The highest BCUT2D eigenvalue weighted by molar-refractivity contribution is 4.69. The first-order chi connectivity index (χ1) is 7.58. The molecular formula is C14H28O2. The highest BCUT2D eigenvalue weighted by atomic mass is 16.6. The van der Waals surface area contributed by atoms with Crippen LogP contribution in [0.25, 0.3) is 0 Å². The van der Waals surface area contributed by atoms with E-state index in [1.165, 1.54) is 12.8 Å². The van der Waals surface area contributed by atoms with Crippen molar-refractivity contribution in [2.24, 2.45) is 11.8 Å². The van der Waals surface area contributed by atoms with Crippen LogP contribution >= 0.6 is 0 Å². The van der Waals surface area contributed by atoms with E-state index in [2.05, 4.69) is 27.7 Å². The Hall–Kier alpha value is -0.0800. The summed E-state index contributed by atoms with van der Waals surface area (Å²) in [6, 6.07) is 0. The maximum atomic E-state index is 5.85. The molecule has 1 aliphatic heterocycles. The molecular weight excluding hydrogens is 200 g/mol. The van der Waals surface area contributed by atoms with Crippen LogP contribution in [0, 0.1) is 11.8 Å². The van der Waals surface area contributed by atoms with Gasteiger partial charge in [0.05, 0.1) is 25.4 Å². The Labute approximate surface area is 101 Å². The minimum Gasteiger partial charge on any atom is -0.373 e. The molecule has 0 N–H and O–H groups in total. The standard InChI is InChI=1S/C14H28O2/c1-11(2)5-7-13-9-16-14(10-15-13)8-6-12(3)4/h11-14H,5-10H2,1-4H3. The van der Waals surface area contributed by atoms with Crippen molar-refractivity contribution in [1.82, 2.24) is 0 Å². The SMILES string of the molecule is CC(C)CCC1COC(CCC(C)C)CO1. The fourth-order valence-corrected chi connectivity index (χ4v) is 1.95. The zero-order chi connectivity index (χ0) is 12.0. The molecule has 0 aliphatic carbocycles. The number of hydrogen-bond acceptors (Lipinski definition) is 2. The van der Waals surface area contributed by atoms with E-state index in [0.717, 1.165) is 37.9 Å². The van der Waals surface area contributed by atoms with E-state index < -0.39 is 0 Å². The Kier molecular flexibility index (Phi) is 6.37. The molecule has 0 spiro atoms. The van der Waals surface area contributed by atoms with Crippen molar-refractivity contribution in [2.75, 3.05) is 13.2 Å². The van der Waals surface area contributed by atoms with E-state index >= 15 is 0 Å². The Morgan fingerprint density at radius 2 is 1.19 bits per heavy atom. The van der Waals surface area contributed by atoms with E-state index in [1.54, 1.807) is 0 Å². The third-order valence-electron chi connectivity index (χ3n) is 3.17. The zero-order valence-electron chi connectivity index (χ0n) is 11.4. The molecule has 2 unspecified atom stereocenters. The maximum Gasteiger partial charge on any atom is 0.0810 e. The van der Waals surface area contributed by atoms with Crippen LogP contribution in [0.3, 0.4) is 0 Å². The largest absolute Gasteiger partial charge is 0.373 e. The van der Waals surface area contributed by atoms with Crippen molar-refractivity contribution in [3.05, 3.63) is 0 Å². The number of rotatable bonds is 6. The lowest BCUT2D eigenvalue weighted by atomic mass is 10.0. The van der Waals surface area contributed by atoms with Crippen molar-refractivity contribution in [2.45, 2.75) is 65.6 Å². The number of ether oxygens (including phenoxy) is 2. The molecule has 0 aromatic heterocycles. The van der Waals surface area contributed by atoms with Gasteiger partial charge in [0.15, 0.2) is 0 Å². The Balaban J connectivity index is 2.09. The molecule has 1 rings (SSSR count). The fraction of sp³-hybridized carbons (Fsp3) is 1.00. The summed E-state index contributed by atoms with van der Waals surface area (Å²) in [6.45, 7) is 10.6. The van der Waals surface area contributed by atoms with E-state index in [0.29, 0.717) is 12.2 Å². The summed E-state index contributed by atoms with van der Waals surface area (Å²) >= 11 is 0. The highest BCUT2D eigenvalue weighted by Gasteiger charge is 2.22. The van der Waals surface area contributed by atoms with Crippen LogP contribution < -0.4 is 0 Å². The molecule has 0 saturated carbocycles. The van der Waals surface area contributed by atoms with Crippen LogP contribution in [0.5, 0.6) is 0 Å². The van der Waals surface area contributed by atoms with Gasteiger partial charge < -0.3 is 9.47 Å². The normalized spacial score (nSPS) is 26.6. The van der Waals surface area contributed by atoms with Gasteiger partial charge in [0, 0.05) is 0 Å². The van der Waals surface area contributed by atoms with Crippen LogP contribution in [0.15, 0.2) is 0 Å². The lowest BCUT2D eigenvalue weighted by molar-refractivity contribution is -0.138. The van der Waals surface area contributed by atoms with Gasteiger partial charge >= 0.3 is 0 Å². The van der Waals surface area contributed by atoms with Crippen LogP contribution in [-0.2, 0) is 9.47 Å². The van der Waals surface area contributed by atoms with Crippen molar-refractivity contribution < 1.29 is 9.47 Å². The Bertz CT molecular complexity index is 150. The van der Waals surface area contributed by atoms with E-state index in [9.17, 15) is 0 Å². The summed E-state index contributed by atoms with van der Waals surface area (Å²) in [5.74, 6) is 1.53. The second-order valence-electron chi connectivity index (χ2n) is 5.85. The average molecular weight is 228 g/mol. The molecule has 0 radical (unpaired) electrons. The smallest absolute Gasteiger partial charge is 0.0810 e. The second kappa shape index (κ2) is 7.29. The van der Waals surface area contributed by atoms with Crippen molar-refractivity contribution in [1.29, 1.82) is 0 Å². The Morgan fingerprint density at radius 1 is 0.812 bits per heavy atom. The lowest BCUT2D eigenvalue weighted by Crippen LogP contribution is -2.35. The van der Waals surface area contributed by atoms with Gasteiger partial charge in [-0.15, -0.1) is 0 Å². The molecule has 0 aromatic carbocycles. The van der Waals surface area contributed by atoms with E-state index in [-0.39, 0.29) is 0 Å². The monoisotopic (exact) mass is 228 g/mol. The van der Waals surface area contributed by atoms with Crippen LogP contribution in [0.2, 0.25) is 0 Å². The summed E-state index contributed by atoms with van der Waals surface area (Å²) < 4.78 is 11.7. The summed E-state index contributed by atoms with van der Waals surface area (Å²) in [4.78, 5) is 0. The van der Waals surface area contributed by atoms with Crippen molar-refractivity contribution >= 4 is 0 Å². The molecule has 1 saturated heterocycles.